The Morgan fingerprint density at radius 3 is 2.54 bits per heavy atom. The second kappa shape index (κ2) is 10.8. The number of fused-ring (bicyclic) bond motifs is 1. The number of hydrogen-bond donors (Lipinski definition) is 1. The van der Waals surface area contributed by atoms with Gasteiger partial charge in [-0.1, -0.05) is 24.3 Å². The number of benzene rings is 1. The highest BCUT2D eigenvalue weighted by atomic mass is 16.5. The van der Waals surface area contributed by atoms with Crippen molar-refractivity contribution in [3.8, 4) is 6.07 Å². The largest absolute Gasteiger partial charge is 0.383 e. The van der Waals surface area contributed by atoms with E-state index in [-0.39, 0.29) is 23.2 Å². The molecule has 3 heterocycles. The number of para-hydroxylation sites is 1. The van der Waals surface area contributed by atoms with Gasteiger partial charge in [-0.25, -0.2) is 4.98 Å². The zero-order valence-corrected chi connectivity index (χ0v) is 19.9. The molecule has 0 radical (unpaired) electrons. The summed E-state index contributed by atoms with van der Waals surface area (Å²) in [6, 6.07) is 15.8. The maximum atomic E-state index is 13.5. The normalized spacial score (nSPS) is 14.1. The maximum Gasteiger partial charge on any atom is 0.267 e. The van der Waals surface area contributed by atoms with E-state index in [0.29, 0.717) is 31.2 Å². The number of pyridine rings is 1. The van der Waals surface area contributed by atoms with Gasteiger partial charge in [0.2, 0.25) is 0 Å². The van der Waals surface area contributed by atoms with E-state index in [9.17, 15) is 14.9 Å². The Morgan fingerprint density at radius 2 is 1.86 bits per heavy atom. The number of methoxy groups -OCH3 is 1. The molecule has 0 saturated carbocycles. The number of piperazine rings is 1. The van der Waals surface area contributed by atoms with E-state index in [0.717, 1.165) is 24.3 Å². The first-order valence-electron chi connectivity index (χ1n) is 11.5. The van der Waals surface area contributed by atoms with E-state index in [1.54, 1.807) is 12.3 Å². The first-order chi connectivity index (χ1) is 17.0. The summed E-state index contributed by atoms with van der Waals surface area (Å²) in [7, 11) is 1.53. The minimum absolute atomic E-state index is 0.156. The van der Waals surface area contributed by atoms with Crippen molar-refractivity contribution >= 4 is 29.1 Å². The van der Waals surface area contributed by atoms with Crippen LogP contribution in [-0.2, 0) is 9.53 Å². The lowest BCUT2D eigenvalue weighted by Crippen LogP contribution is -2.47. The third-order valence-electron chi connectivity index (χ3n) is 6.01. The Balaban J connectivity index is 1.73. The van der Waals surface area contributed by atoms with Crippen molar-refractivity contribution < 1.29 is 9.53 Å². The second-order valence-electron chi connectivity index (χ2n) is 8.27. The molecule has 0 unspecified atom stereocenters. The molecular weight excluding hydrogens is 444 g/mol. The molecule has 9 heteroatoms. The fourth-order valence-electron chi connectivity index (χ4n) is 4.14. The number of ether oxygens (including phenoxy) is 1. The number of rotatable bonds is 7. The molecular formula is C26H28N6O3. The molecule has 0 bridgehead atoms. The standard InChI is InChI=1S/C26H28N6O3/c1-19-7-6-11-32-23(19)29-24(31-14-12-30(13-15-31)21-8-4-3-5-9-21)22(26(32)34)17-20(18-27)25(33)28-10-16-35-2/h3-9,11,17H,10,12-16H2,1-2H3,(H,28,33)/b20-17+. The quantitative estimate of drug-likeness (QED) is 0.319. The number of hydrogen-bond acceptors (Lipinski definition) is 7. The van der Waals surface area contributed by atoms with Crippen molar-refractivity contribution in [1.82, 2.24) is 14.7 Å². The molecule has 180 valence electrons. The molecule has 1 saturated heterocycles. The van der Waals surface area contributed by atoms with E-state index in [4.69, 9.17) is 9.72 Å². The topological polar surface area (TPSA) is 103 Å². The molecule has 0 spiro atoms. The number of amides is 1. The highest BCUT2D eigenvalue weighted by Gasteiger charge is 2.24. The second-order valence-corrected chi connectivity index (χ2v) is 8.27. The van der Waals surface area contributed by atoms with Crippen LogP contribution in [0.5, 0.6) is 0 Å². The monoisotopic (exact) mass is 472 g/mol. The van der Waals surface area contributed by atoms with E-state index >= 15 is 0 Å². The van der Waals surface area contributed by atoms with Crippen LogP contribution < -0.4 is 20.7 Å². The number of aryl methyl sites for hydroxylation is 1. The molecule has 9 nitrogen and oxygen atoms in total. The third kappa shape index (κ3) is 5.18. The Labute approximate surface area is 203 Å². The van der Waals surface area contributed by atoms with Crippen molar-refractivity contribution in [3.63, 3.8) is 0 Å². The van der Waals surface area contributed by atoms with Crippen LogP contribution in [0.15, 0.2) is 59.0 Å². The summed E-state index contributed by atoms with van der Waals surface area (Å²) in [4.78, 5) is 35.3. The summed E-state index contributed by atoms with van der Waals surface area (Å²) in [5.74, 6) is -0.0763. The molecule has 35 heavy (non-hydrogen) atoms. The first kappa shape index (κ1) is 24.0. The number of carbonyl (C=O) groups is 1. The van der Waals surface area contributed by atoms with Gasteiger partial charge in [0.05, 0.1) is 12.2 Å². The molecule has 2 aromatic heterocycles. The fourth-order valence-corrected chi connectivity index (χ4v) is 4.14. The van der Waals surface area contributed by atoms with Gasteiger partial charge in [0, 0.05) is 51.7 Å². The molecule has 0 aliphatic carbocycles. The number of nitriles is 1. The highest BCUT2D eigenvalue weighted by Crippen LogP contribution is 2.23. The predicted octanol–water partition coefficient (Wildman–Crippen LogP) is 2.00. The Hall–Kier alpha value is -4.16. The summed E-state index contributed by atoms with van der Waals surface area (Å²) in [5, 5.41) is 12.3. The summed E-state index contributed by atoms with van der Waals surface area (Å²) < 4.78 is 6.41. The predicted molar refractivity (Wildman–Crippen MR) is 136 cm³/mol. The molecule has 1 N–H and O–H groups in total. The fraction of sp³-hybridized carbons (Fsp3) is 0.308. The average molecular weight is 473 g/mol. The van der Waals surface area contributed by atoms with E-state index in [2.05, 4.69) is 27.2 Å². The smallest absolute Gasteiger partial charge is 0.267 e. The van der Waals surface area contributed by atoms with Crippen LogP contribution >= 0.6 is 0 Å². The lowest BCUT2D eigenvalue weighted by atomic mass is 10.1. The maximum absolute atomic E-state index is 13.5. The molecule has 1 fully saturated rings. The molecule has 4 rings (SSSR count). The van der Waals surface area contributed by atoms with Crippen LogP contribution in [0.4, 0.5) is 11.5 Å². The number of anilines is 2. The van der Waals surface area contributed by atoms with Gasteiger partial charge in [0.25, 0.3) is 11.5 Å². The number of nitrogens with zero attached hydrogens (tertiary/aromatic N) is 5. The molecule has 0 atom stereocenters. The summed E-state index contributed by atoms with van der Waals surface area (Å²) in [6.07, 6.45) is 3.00. The summed E-state index contributed by atoms with van der Waals surface area (Å²) in [5.41, 5.74) is 2.31. The number of carbonyl (C=O) groups excluding carboxylic acids is 1. The van der Waals surface area contributed by atoms with E-state index in [1.165, 1.54) is 17.6 Å². The van der Waals surface area contributed by atoms with Gasteiger partial charge >= 0.3 is 0 Å². The minimum atomic E-state index is -0.557. The van der Waals surface area contributed by atoms with Crippen LogP contribution in [-0.4, -0.2) is 61.7 Å². The van der Waals surface area contributed by atoms with Gasteiger partial charge in [0.1, 0.15) is 23.1 Å². The molecule has 1 aliphatic heterocycles. The molecule has 1 amide bonds. The van der Waals surface area contributed by atoms with Crippen molar-refractivity contribution in [2.45, 2.75) is 6.92 Å². The zero-order valence-electron chi connectivity index (χ0n) is 19.9. The Morgan fingerprint density at radius 1 is 1.14 bits per heavy atom. The Kier molecular flexibility index (Phi) is 7.43. The summed E-state index contributed by atoms with van der Waals surface area (Å²) >= 11 is 0. The van der Waals surface area contributed by atoms with Gasteiger partial charge in [-0.3, -0.25) is 14.0 Å². The van der Waals surface area contributed by atoms with E-state index < -0.39 is 5.91 Å². The number of nitrogens with one attached hydrogen (secondary N) is 1. The molecule has 1 aromatic carbocycles. The van der Waals surface area contributed by atoms with Gasteiger partial charge < -0.3 is 19.9 Å². The van der Waals surface area contributed by atoms with Crippen molar-refractivity contribution in [2.75, 3.05) is 56.2 Å². The van der Waals surface area contributed by atoms with Gasteiger partial charge in [-0.2, -0.15) is 5.26 Å². The third-order valence-corrected chi connectivity index (χ3v) is 6.01. The Bertz CT molecular complexity index is 1330. The lowest BCUT2D eigenvalue weighted by molar-refractivity contribution is -0.117. The highest BCUT2D eigenvalue weighted by molar-refractivity contribution is 6.02. The zero-order chi connectivity index (χ0) is 24.8. The van der Waals surface area contributed by atoms with Gasteiger partial charge in [-0.15, -0.1) is 0 Å². The minimum Gasteiger partial charge on any atom is -0.383 e. The van der Waals surface area contributed by atoms with Crippen LogP contribution in [0.25, 0.3) is 11.7 Å². The van der Waals surface area contributed by atoms with E-state index in [1.807, 2.05) is 37.3 Å². The average Bonchev–Trinajstić information content (AvgIpc) is 2.89. The van der Waals surface area contributed by atoms with Crippen molar-refractivity contribution in [3.05, 3.63) is 75.7 Å². The van der Waals surface area contributed by atoms with Gasteiger partial charge in [-0.05, 0) is 36.8 Å². The molecule has 1 aliphatic rings. The van der Waals surface area contributed by atoms with Crippen LogP contribution in [0, 0.1) is 18.3 Å². The summed E-state index contributed by atoms with van der Waals surface area (Å²) in [6.45, 7) is 5.28. The van der Waals surface area contributed by atoms with Crippen LogP contribution in [0.2, 0.25) is 0 Å². The van der Waals surface area contributed by atoms with Crippen LogP contribution in [0.3, 0.4) is 0 Å². The van der Waals surface area contributed by atoms with Crippen LogP contribution in [0.1, 0.15) is 11.1 Å². The van der Waals surface area contributed by atoms with Crippen molar-refractivity contribution in [1.29, 1.82) is 5.26 Å². The van der Waals surface area contributed by atoms with Crippen molar-refractivity contribution in [2.24, 2.45) is 0 Å². The molecule has 3 aromatic rings. The number of aromatic nitrogens is 2. The lowest BCUT2D eigenvalue weighted by Gasteiger charge is -2.37. The first-order valence-corrected chi connectivity index (χ1v) is 11.5. The SMILES string of the molecule is COCCNC(=O)/C(C#N)=C/c1c(N2CCN(c3ccccc3)CC2)nc2c(C)cccn2c1=O. The van der Waals surface area contributed by atoms with Gasteiger partial charge in [0.15, 0.2) is 0 Å².